The van der Waals surface area contributed by atoms with Gasteiger partial charge in [-0.25, -0.2) is 4.79 Å². The Hall–Kier alpha value is -1.29. The van der Waals surface area contributed by atoms with E-state index >= 15 is 0 Å². The van der Waals surface area contributed by atoms with Gasteiger partial charge in [0.15, 0.2) is 0 Å². The number of carbonyl (C=O) groups is 1. The summed E-state index contributed by atoms with van der Waals surface area (Å²) in [4.78, 5) is 10.7. The molecule has 1 N–H and O–H groups in total. The zero-order chi connectivity index (χ0) is 12.7. The van der Waals surface area contributed by atoms with Gasteiger partial charge in [0.05, 0.1) is 0 Å². The maximum absolute atomic E-state index is 10.7. The molecule has 1 aromatic rings. The highest BCUT2D eigenvalue weighted by Gasteiger charge is 2.13. The Bertz CT molecular complexity index is 354. The molecule has 0 aliphatic rings. The van der Waals surface area contributed by atoms with Crippen LogP contribution in [0.4, 0.5) is 0 Å². The van der Waals surface area contributed by atoms with Gasteiger partial charge in [-0.3, -0.25) is 0 Å². The number of ether oxygens (including phenoxy) is 1. The van der Waals surface area contributed by atoms with Crippen LogP contribution in [0.15, 0.2) is 10.5 Å². The zero-order valence-corrected chi connectivity index (χ0v) is 10.5. The van der Waals surface area contributed by atoms with Gasteiger partial charge in [0.1, 0.15) is 12.4 Å². The molecular weight excluding hydrogens is 220 g/mol. The number of aromatic carboxylic acids is 1. The Morgan fingerprint density at radius 2 is 2.18 bits per heavy atom. The standard InChI is InChI=1S/C13H20O4/c1-3-4-5-6-7-16-9-11-8-10(2)12(17-11)13(14)15/h8H,3-7,9H2,1-2H3,(H,14,15). The molecule has 1 aromatic heterocycles. The summed E-state index contributed by atoms with van der Waals surface area (Å²) < 4.78 is 10.6. The molecule has 0 saturated heterocycles. The molecule has 0 radical (unpaired) electrons. The SMILES string of the molecule is CCCCCCOCc1cc(C)c(C(=O)O)o1. The molecule has 0 spiro atoms. The zero-order valence-electron chi connectivity index (χ0n) is 10.5. The summed E-state index contributed by atoms with van der Waals surface area (Å²) in [6, 6.07) is 1.72. The minimum absolute atomic E-state index is 0.00887. The first-order valence-corrected chi connectivity index (χ1v) is 6.05. The van der Waals surface area contributed by atoms with Gasteiger partial charge in [-0.15, -0.1) is 0 Å². The van der Waals surface area contributed by atoms with E-state index < -0.39 is 5.97 Å². The van der Waals surface area contributed by atoms with Gasteiger partial charge >= 0.3 is 5.97 Å². The second-order valence-corrected chi connectivity index (χ2v) is 4.14. The lowest BCUT2D eigenvalue weighted by atomic mass is 10.2. The van der Waals surface area contributed by atoms with E-state index in [1.54, 1.807) is 13.0 Å². The summed E-state index contributed by atoms with van der Waals surface area (Å²) in [5.41, 5.74) is 0.641. The maximum Gasteiger partial charge on any atom is 0.372 e. The van der Waals surface area contributed by atoms with Crippen molar-refractivity contribution >= 4 is 5.97 Å². The van der Waals surface area contributed by atoms with Gasteiger partial charge in [-0.05, 0) is 19.4 Å². The molecule has 0 saturated carbocycles. The predicted octanol–water partition coefficient (Wildman–Crippen LogP) is 3.38. The third-order valence-electron chi connectivity index (χ3n) is 2.55. The van der Waals surface area contributed by atoms with Crippen LogP contribution < -0.4 is 0 Å². The fraction of sp³-hybridized carbons (Fsp3) is 0.615. The van der Waals surface area contributed by atoms with E-state index in [0.29, 0.717) is 24.5 Å². The lowest BCUT2D eigenvalue weighted by molar-refractivity contribution is 0.0645. The molecule has 0 bridgehead atoms. The van der Waals surface area contributed by atoms with Crippen molar-refractivity contribution in [2.24, 2.45) is 0 Å². The molecule has 1 rings (SSSR count). The molecule has 0 atom stereocenters. The molecule has 1 heterocycles. The highest BCUT2D eigenvalue weighted by molar-refractivity contribution is 5.86. The number of furan rings is 1. The largest absolute Gasteiger partial charge is 0.475 e. The van der Waals surface area contributed by atoms with Crippen LogP contribution >= 0.6 is 0 Å². The first kappa shape index (κ1) is 13.8. The van der Waals surface area contributed by atoms with Crippen LogP contribution in [0.5, 0.6) is 0 Å². The van der Waals surface area contributed by atoms with Gasteiger partial charge in [-0.1, -0.05) is 26.2 Å². The Balaban J connectivity index is 2.27. The van der Waals surface area contributed by atoms with Crippen LogP contribution in [0.1, 0.15) is 54.5 Å². The summed E-state index contributed by atoms with van der Waals surface area (Å²) in [5, 5.41) is 8.81. The van der Waals surface area contributed by atoms with E-state index in [2.05, 4.69) is 6.92 Å². The van der Waals surface area contributed by atoms with E-state index in [4.69, 9.17) is 14.3 Å². The average molecular weight is 240 g/mol. The molecule has 0 aliphatic carbocycles. The number of hydrogen-bond donors (Lipinski definition) is 1. The normalized spacial score (nSPS) is 10.7. The van der Waals surface area contributed by atoms with Crippen molar-refractivity contribution in [2.45, 2.75) is 46.1 Å². The van der Waals surface area contributed by atoms with Crippen LogP contribution in [0.2, 0.25) is 0 Å². The third kappa shape index (κ3) is 4.61. The molecule has 4 heteroatoms. The highest BCUT2D eigenvalue weighted by Crippen LogP contribution is 2.15. The molecular formula is C13H20O4. The Morgan fingerprint density at radius 3 is 2.76 bits per heavy atom. The molecule has 4 nitrogen and oxygen atoms in total. The van der Waals surface area contributed by atoms with Crippen molar-refractivity contribution in [3.05, 3.63) is 23.2 Å². The molecule has 0 amide bonds. The quantitative estimate of drug-likeness (QED) is 0.707. The molecule has 0 aromatic carbocycles. The second kappa shape index (κ2) is 7.12. The van der Waals surface area contributed by atoms with Crippen LogP contribution in [-0.2, 0) is 11.3 Å². The smallest absolute Gasteiger partial charge is 0.372 e. The third-order valence-corrected chi connectivity index (χ3v) is 2.55. The van der Waals surface area contributed by atoms with E-state index in [1.807, 2.05) is 0 Å². The van der Waals surface area contributed by atoms with Crippen LogP contribution in [0, 0.1) is 6.92 Å². The van der Waals surface area contributed by atoms with E-state index in [1.165, 1.54) is 19.3 Å². The fourth-order valence-corrected chi connectivity index (χ4v) is 1.64. The number of carboxylic acids is 1. The van der Waals surface area contributed by atoms with E-state index in [-0.39, 0.29) is 5.76 Å². The van der Waals surface area contributed by atoms with Crippen molar-refractivity contribution in [2.75, 3.05) is 6.61 Å². The number of carboxylic acid groups (broad SMARTS) is 1. The fourth-order valence-electron chi connectivity index (χ4n) is 1.64. The predicted molar refractivity (Wildman–Crippen MR) is 64.2 cm³/mol. The maximum atomic E-state index is 10.7. The molecule has 0 unspecified atom stereocenters. The summed E-state index contributed by atoms with van der Waals surface area (Å²) in [6.45, 7) is 4.93. The van der Waals surface area contributed by atoms with Gasteiger partial charge in [-0.2, -0.15) is 0 Å². The van der Waals surface area contributed by atoms with E-state index in [9.17, 15) is 4.79 Å². The van der Waals surface area contributed by atoms with Crippen molar-refractivity contribution in [1.82, 2.24) is 0 Å². The van der Waals surface area contributed by atoms with Gasteiger partial charge in [0.2, 0.25) is 5.76 Å². The molecule has 0 fully saturated rings. The van der Waals surface area contributed by atoms with Crippen LogP contribution in [0.25, 0.3) is 0 Å². The van der Waals surface area contributed by atoms with Crippen molar-refractivity contribution in [1.29, 1.82) is 0 Å². The molecule has 96 valence electrons. The first-order valence-electron chi connectivity index (χ1n) is 6.05. The first-order chi connectivity index (χ1) is 8.15. The highest BCUT2D eigenvalue weighted by atomic mass is 16.5. The Morgan fingerprint density at radius 1 is 1.41 bits per heavy atom. The van der Waals surface area contributed by atoms with Gasteiger partial charge in [0, 0.05) is 12.2 Å². The Kier molecular flexibility index (Phi) is 5.77. The second-order valence-electron chi connectivity index (χ2n) is 4.14. The minimum Gasteiger partial charge on any atom is -0.475 e. The lowest BCUT2D eigenvalue weighted by Crippen LogP contribution is -1.96. The van der Waals surface area contributed by atoms with Crippen molar-refractivity contribution < 1.29 is 19.1 Å². The lowest BCUT2D eigenvalue weighted by Gasteiger charge is -2.01. The van der Waals surface area contributed by atoms with E-state index in [0.717, 1.165) is 6.42 Å². The Labute approximate surface area is 102 Å². The average Bonchev–Trinajstić information content (AvgIpc) is 2.65. The molecule has 0 aliphatic heterocycles. The van der Waals surface area contributed by atoms with Gasteiger partial charge in [0.25, 0.3) is 0 Å². The number of hydrogen-bond acceptors (Lipinski definition) is 3. The number of aryl methyl sites for hydroxylation is 1. The summed E-state index contributed by atoms with van der Waals surface area (Å²) in [6.07, 6.45) is 4.65. The van der Waals surface area contributed by atoms with Crippen molar-refractivity contribution in [3.63, 3.8) is 0 Å². The summed E-state index contributed by atoms with van der Waals surface area (Å²) >= 11 is 0. The number of rotatable bonds is 8. The van der Waals surface area contributed by atoms with Crippen molar-refractivity contribution in [3.8, 4) is 0 Å². The number of unbranched alkanes of at least 4 members (excludes halogenated alkanes) is 3. The molecule has 17 heavy (non-hydrogen) atoms. The summed E-state index contributed by atoms with van der Waals surface area (Å²) in [5.74, 6) is -0.443. The van der Waals surface area contributed by atoms with Crippen LogP contribution in [0.3, 0.4) is 0 Å². The van der Waals surface area contributed by atoms with Gasteiger partial charge < -0.3 is 14.3 Å². The topological polar surface area (TPSA) is 59.7 Å². The minimum atomic E-state index is -1.03. The summed E-state index contributed by atoms with van der Waals surface area (Å²) in [7, 11) is 0. The van der Waals surface area contributed by atoms with Crippen LogP contribution in [-0.4, -0.2) is 17.7 Å². The monoisotopic (exact) mass is 240 g/mol.